The lowest BCUT2D eigenvalue weighted by Gasteiger charge is -2.12. The lowest BCUT2D eigenvalue weighted by atomic mass is 10.1. The van der Waals surface area contributed by atoms with E-state index in [1.165, 1.54) is 47.4 Å². The van der Waals surface area contributed by atoms with Crippen molar-refractivity contribution in [3.05, 3.63) is 112 Å². The Labute approximate surface area is 231 Å². The summed E-state index contributed by atoms with van der Waals surface area (Å²) in [4.78, 5) is 42.8. The molecule has 4 aromatic rings. The molecule has 192 valence electrons. The van der Waals surface area contributed by atoms with Gasteiger partial charge in [0.05, 0.1) is 10.8 Å². The summed E-state index contributed by atoms with van der Waals surface area (Å²) in [5.41, 5.74) is 0.538. The highest BCUT2D eigenvalue weighted by atomic mass is 35.5. The van der Waals surface area contributed by atoms with Gasteiger partial charge in [-0.05, 0) is 54.6 Å². The van der Waals surface area contributed by atoms with Gasteiger partial charge in [0, 0.05) is 33.3 Å². The van der Waals surface area contributed by atoms with Crippen molar-refractivity contribution in [2.75, 3.05) is 16.4 Å². The smallest absolute Gasteiger partial charge is 0.272 e. The summed E-state index contributed by atoms with van der Waals surface area (Å²) < 4.78 is 14.4. The van der Waals surface area contributed by atoms with E-state index in [9.17, 15) is 18.8 Å². The second kappa shape index (κ2) is 13.0. The Bertz CT molecular complexity index is 1440. The molecule has 0 radical (unpaired) electrons. The molecule has 0 aliphatic rings. The quantitative estimate of drug-likeness (QED) is 0.168. The molecule has 0 aliphatic heterocycles. The number of anilines is 2. The molecule has 7 nitrogen and oxygen atoms in total. The molecule has 1 aromatic heterocycles. The zero-order chi connectivity index (χ0) is 26.9. The van der Waals surface area contributed by atoms with Gasteiger partial charge in [0.25, 0.3) is 11.8 Å². The zero-order valence-electron chi connectivity index (χ0n) is 19.6. The average Bonchev–Trinajstić information content (AvgIpc) is 3.43. The summed E-state index contributed by atoms with van der Waals surface area (Å²) >= 11 is 8.80. The summed E-state index contributed by atoms with van der Waals surface area (Å²) in [6.45, 7) is 0. The zero-order valence-corrected chi connectivity index (χ0v) is 22.0. The Morgan fingerprint density at radius 1 is 0.974 bits per heavy atom. The lowest BCUT2D eigenvalue weighted by Crippen LogP contribution is -2.30. The van der Waals surface area contributed by atoms with Crippen molar-refractivity contribution in [2.45, 2.75) is 4.90 Å². The first-order chi connectivity index (χ1) is 18.4. The number of carbonyl (C=O) groups excluding carboxylic acids is 3. The van der Waals surface area contributed by atoms with Gasteiger partial charge in [0.2, 0.25) is 5.91 Å². The van der Waals surface area contributed by atoms with E-state index < -0.39 is 17.6 Å². The summed E-state index contributed by atoms with van der Waals surface area (Å²) in [7, 11) is 0. The molecule has 3 N–H and O–H groups in total. The van der Waals surface area contributed by atoms with Gasteiger partial charge in [-0.25, -0.2) is 9.37 Å². The Kier molecular flexibility index (Phi) is 9.26. The molecule has 0 saturated carbocycles. The predicted octanol–water partition coefficient (Wildman–Crippen LogP) is 6.08. The molecule has 11 heteroatoms. The van der Waals surface area contributed by atoms with Crippen LogP contribution in [-0.4, -0.2) is 28.5 Å². The first kappa shape index (κ1) is 27.1. The molecule has 0 aliphatic carbocycles. The normalized spacial score (nSPS) is 11.1. The first-order valence-corrected chi connectivity index (χ1v) is 13.4. The fourth-order valence-corrected chi connectivity index (χ4v) is 4.62. The van der Waals surface area contributed by atoms with Crippen LogP contribution in [0.2, 0.25) is 5.02 Å². The number of hydrogen-bond donors (Lipinski definition) is 3. The van der Waals surface area contributed by atoms with Crippen LogP contribution in [0.3, 0.4) is 0 Å². The van der Waals surface area contributed by atoms with Gasteiger partial charge in [-0.2, -0.15) is 0 Å². The highest BCUT2D eigenvalue weighted by molar-refractivity contribution is 8.00. The van der Waals surface area contributed by atoms with Crippen molar-refractivity contribution in [2.24, 2.45) is 0 Å². The van der Waals surface area contributed by atoms with Crippen molar-refractivity contribution in [3.8, 4) is 0 Å². The maximum Gasteiger partial charge on any atom is 0.272 e. The van der Waals surface area contributed by atoms with Crippen molar-refractivity contribution < 1.29 is 18.8 Å². The molecular formula is C27H20ClFN4O3S2. The lowest BCUT2D eigenvalue weighted by molar-refractivity contribution is -0.114. The third-order valence-electron chi connectivity index (χ3n) is 4.98. The Balaban J connectivity index is 1.46. The standard InChI is InChI=1S/C27H20ClFN4O3S2/c28-21-7-4-8-22(29)20(21)15-23(32-25(35)17-5-2-1-3-6-17)26(36)31-18-9-11-19(12-10-18)38-16-24(34)33-27-30-13-14-37-27/h1-15H,16H2,(H,31,36)(H,32,35)(H,30,33,34)/b23-15-. The van der Waals surface area contributed by atoms with Gasteiger partial charge in [-0.3, -0.25) is 14.4 Å². The highest BCUT2D eigenvalue weighted by Crippen LogP contribution is 2.24. The van der Waals surface area contributed by atoms with Crippen LogP contribution in [0.5, 0.6) is 0 Å². The molecule has 0 fully saturated rings. The van der Waals surface area contributed by atoms with Gasteiger partial charge in [0.15, 0.2) is 5.13 Å². The predicted molar refractivity (Wildman–Crippen MR) is 150 cm³/mol. The van der Waals surface area contributed by atoms with Crippen LogP contribution >= 0.6 is 34.7 Å². The van der Waals surface area contributed by atoms with Crippen LogP contribution < -0.4 is 16.0 Å². The molecule has 3 aromatic carbocycles. The molecule has 0 unspecified atom stereocenters. The van der Waals surface area contributed by atoms with Crippen molar-refractivity contribution in [3.63, 3.8) is 0 Å². The Hall–Kier alpha value is -3.99. The van der Waals surface area contributed by atoms with E-state index in [0.717, 1.165) is 4.90 Å². The van der Waals surface area contributed by atoms with Gasteiger partial charge in [-0.15, -0.1) is 23.1 Å². The van der Waals surface area contributed by atoms with Crippen LogP contribution in [0.15, 0.2) is 95.0 Å². The number of amides is 3. The second-order valence-corrected chi connectivity index (χ2v) is 10.0. The number of carbonyl (C=O) groups is 3. The number of halogens is 2. The molecular weight excluding hydrogens is 547 g/mol. The van der Waals surface area contributed by atoms with Gasteiger partial charge >= 0.3 is 0 Å². The van der Waals surface area contributed by atoms with E-state index >= 15 is 0 Å². The van der Waals surface area contributed by atoms with E-state index in [2.05, 4.69) is 20.9 Å². The fraction of sp³-hybridized carbons (Fsp3) is 0.0370. The number of nitrogens with one attached hydrogen (secondary N) is 3. The number of thiazole rings is 1. The minimum atomic E-state index is -0.670. The Morgan fingerprint density at radius 2 is 1.74 bits per heavy atom. The SMILES string of the molecule is O=C(CSc1ccc(NC(=O)/C(=C/c2c(F)cccc2Cl)NC(=O)c2ccccc2)cc1)Nc1nccs1. The molecule has 4 rings (SSSR count). The van der Waals surface area contributed by atoms with Crippen LogP contribution in [0.25, 0.3) is 6.08 Å². The summed E-state index contributed by atoms with van der Waals surface area (Å²) in [5.74, 6) is -1.85. The number of benzene rings is 3. The van der Waals surface area contributed by atoms with Crippen molar-refractivity contribution in [1.29, 1.82) is 0 Å². The van der Waals surface area contributed by atoms with Crippen LogP contribution in [0.1, 0.15) is 15.9 Å². The fourth-order valence-electron chi connectivity index (χ4n) is 3.16. The monoisotopic (exact) mass is 566 g/mol. The van der Waals surface area contributed by atoms with Crippen molar-refractivity contribution in [1.82, 2.24) is 10.3 Å². The maximum absolute atomic E-state index is 14.4. The second-order valence-electron chi connectivity index (χ2n) is 7.67. The molecule has 3 amide bonds. The molecule has 0 spiro atoms. The van der Waals surface area contributed by atoms with E-state index in [1.54, 1.807) is 66.2 Å². The van der Waals surface area contributed by atoms with E-state index in [4.69, 9.17) is 11.6 Å². The van der Waals surface area contributed by atoms with Crippen molar-refractivity contribution >= 4 is 69.3 Å². The molecule has 38 heavy (non-hydrogen) atoms. The first-order valence-electron chi connectivity index (χ1n) is 11.1. The largest absolute Gasteiger partial charge is 0.321 e. The average molecular weight is 567 g/mol. The molecule has 0 atom stereocenters. The van der Waals surface area contributed by atoms with Gasteiger partial charge in [-0.1, -0.05) is 35.9 Å². The van der Waals surface area contributed by atoms with Gasteiger partial charge < -0.3 is 16.0 Å². The summed E-state index contributed by atoms with van der Waals surface area (Å²) in [6, 6.07) is 19.3. The molecule has 0 bridgehead atoms. The molecule has 0 saturated heterocycles. The third-order valence-corrected chi connectivity index (χ3v) is 7.01. The topological polar surface area (TPSA) is 100 Å². The van der Waals surface area contributed by atoms with Crippen LogP contribution in [0, 0.1) is 5.82 Å². The maximum atomic E-state index is 14.4. The van der Waals surface area contributed by atoms with Gasteiger partial charge in [0.1, 0.15) is 11.5 Å². The van der Waals surface area contributed by atoms with Crippen LogP contribution in [-0.2, 0) is 9.59 Å². The third kappa shape index (κ3) is 7.51. The summed E-state index contributed by atoms with van der Waals surface area (Å²) in [5, 5.41) is 10.4. The minimum Gasteiger partial charge on any atom is -0.321 e. The van der Waals surface area contributed by atoms with E-state index in [1.807, 2.05) is 0 Å². The minimum absolute atomic E-state index is 0.0320. The number of rotatable bonds is 9. The van der Waals surface area contributed by atoms with E-state index in [0.29, 0.717) is 16.4 Å². The molecule has 1 heterocycles. The number of hydrogen-bond acceptors (Lipinski definition) is 6. The highest BCUT2D eigenvalue weighted by Gasteiger charge is 2.17. The van der Waals surface area contributed by atoms with E-state index in [-0.39, 0.29) is 27.9 Å². The summed E-state index contributed by atoms with van der Waals surface area (Å²) in [6.07, 6.45) is 2.80. The van der Waals surface area contributed by atoms with Crippen LogP contribution in [0.4, 0.5) is 15.2 Å². The number of aromatic nitrogens is 1. The Morgan fingerprint density at radius 3 is 2.42 bits per heavy atom. The number of nitrogens with zero attached hydrogens (tertiary/aromatic N) is 1. The number of thioether (sulfide) groups is 1.